The van der Waals surface area contributed by atoms with Crippen LogP contribution in [0.3, 0.4) is 0 Å². The van der Waals surface area contributed by atoms with Crippen LogP contribution in [0.5, 0.6) is 0 Å². The first-order valence-corrected chi connectivity index (χ1v) is 9.43. The largest absolute Gasteiger partial charge is 0.376 e. The lowest BCUT2D eigenvalue weighted by atomic mass is 10.1. The van der Waals surface area contributed by atoms with Crippen LogP contribution < -0.4 is 4.90 Å². The van der Waals surface area contributed by atoms with Crippen molar-refractivity contribution in [1.29, 1.82) is 0 Å². The molecular formula is C20H20N2O2S. The lowest BCUT2D eigenvalue weighted by molar-refractivity contribution is -0.118. The Bertz CT molecular complexity index is 823. The molecule has 128 valence electrons. The van der Waals surface area contributed by atoms with Gasteiger partial charge in [0.15, 0.2) is 5.13 Å². The van der Waals surface area contributed by atoms with Crippen LogP contribution in [0.1, 0.15) is 18.4 Å². The van der Waals surface area contributed by atoms with Crippen LogP contribution in [0, 0.1) is 0 Å². The second-order valence-electron chi connectivity index (χ2n) is 6.27. The van der Waals surface area contributed by atoms with E-state index < -0.39 is 0 Å². The molecule has 0 aliphatic carbocycles. The summed E-state index contributed by atoms with van der Waals surface area (Å²) in [6.45, 7) is 1.36. The molecule has 0 N–H and O–H groups in total. The number of anilines is 1. The minimum atomic E-state index is 0.0701. The summed E-state index contributed by atoms with van der Waals surface area (Å²) in [6.07, 6.45) is 2.54. The zero-order chi connectivity index (χ0) is 17.1. The van der Waals surface area contributed by atoms with Gasteiger partial charge in [0.05, 0.1) is 29.3 Å². The lowest BCUT2D eigenvalue weighted by Crippen LogP contribution is -2.38. The highest BCUT2D eigenvalue weighted by atomic mass is 32.1. The van der Waals surface area contributed by atoms with E-state index in [1.165, 1.54) is 0 Å². The van der Waals surface area contributed by atoms with Crippen LogP contribution in [0.4, 0.5) is 5.13 Å². The van der Waals surface area contributed by atoms with E-state index in [-0.39, 0.29) is 12.0 Å². The molecule has 0 saturated carbocycles. The third kappa shape index (κ3) is 3.72. The topological polar surface area (TPSA) is 42.4 Å². The molecule has 0 spiro atoms. The molecule has 25 heavy (non-hydrogen) atoms. The fourth-order valence-electron chi connectivity index (χ4n) is 3.12. The zero-order valence-corrected chi connectivity index (χ0v) is 14.7. The van der Waals surface area contributed by atoms with Crippen molar-refractivity contribution in [3.63, 3.8) is 0 Å². The minimum Gasteiger partial charge on any atom is -0.376 e. The molecule has 3 aromatic rings. The molecular weight excluding hydrogens is 332 g/mol. The average Bonchev–Trinajstić information content (AvgIpc) is 3.29. The molecule has 1 aromatic heterocycles. The predicted octanol–water partition coefficient (Wildman–Crippen LogP) is 4.05. The number of carbonyl (C=O) groups is 1. The Labute approximate surface area is 151 Å². The number of hydrogen-bond donors (Lipinski definition) is 0. The summed E-state index contributed by atoms with van der Waals surface area (Å²) in [5.41, 5.74) is 1.96. The van der Waals surface area contributed by atoms with Crippen LogP contribution in [-0.4, -0.2) is 30.1 Å². The van der Waals surface area contributed by atoms with E-state index in [1.54, 1.807) is 11.3 Å². The summed E-state index contributed by atoms with van der Waals surface area (Å²) in [6, 6.07) is 17.9. The number of aromatic nitrogens is 1. The Morgan fingerprint density at radius 1 is 1.16 bits per heavy atom. The molecule has 1 aliphatic heterocycles. The number of ether oxygens (including phenoxy) is 1. The van der Waals surface area contributed by atoms with Crippen LogP contribution in [-0.2, 0) is 16.0 Å². The van der Waals surface area contributed by atoms with Gasteiger partial charge >= 0.3 is 0 Å². The number of amides is 1. The maximum Gasteiger partial charge on any atom is 0.233 e. The summed E-state index contributed by atoms with van der Waals surface area (Å²) in [4.78, 5) is 19.5. The van der Waals surface area contributed by atoms with Gasteiger partial charge in [0.2, 0.25) is 5.91 Å². The molecule has 4 nitrogen and oxygen atoms in total. The standard InChI is InChI=1S/C20H20N2O2S/c23-19(13-15-7-2-1-3-8-15)22(14-16-9-6-12-24-16)20-21-17-10-4-5-11-18(17)25-20/h1-5,7-8,10-11,16H,6,9,12-14H2/t16-/m0/s1. The second kappa shape index (κ2) is 7.33. The van der Waals surface area contributed by atoms with Gasteiger partial charge in [-0.3, -0.25) is 9.69 Å². The number of carbonyl (C=O) groups excluding carboxylic acids is 1. The molecule has 1 fully saturated rings. The van der Waals surface area contributed by atoms with Gasteiger partial charge in [0.1, 0.15) is 0 Å². The lowest BCUT2D eigenvalue weighted by Gasteiger charge is -2.23. The summed E-state index contributed by atoms with van der Waals surface area (Å²) < 4.78 is 6.86. The maximum absolute atomic E-state index is 13.0. The van der Waals surface area contributed by atoms with Crippen molar-refractivity contribution in [1.82, 2.24) is 4.98 Å². The van der Waals surface area contributed by atoms with E-state index in [9.17, 15) is 4.79 Å². The number of rotatable bonds is 5. The van der Waals surface area contributed by atoms with Gasteiger partial charge in [-0.05, 0) is 30.5 Å². The molecule has 1 atom stereocenters. The molecule has 2 heterocycles. The molecule has 1 aliphatic rings. The first-order valence-electron chi connectivity index (χ1n) is 8.61. The fourth-order valence-corrected chi connectivity index (χ4v) is 4.11. The van der Waals surface area contributed by atoms with Crippen molar-refractivity contribution in [2.75, 3.05) is 18.1 Å². The number of para-hydroxylation sites is 1. The number of benzene rings is 2. The molecule has 0 radical (unpaired) electrons. The fraction of sp³-hybridized carbons (Fsp3) is 0.300. The Kier molecular flexibility index (Phi) is 4.76. The third-order valence-electron chi connectivity index (χ3n) is 4.42. The van der Waals surface area contributed by atoms with E-state index in [0.717, 1.165) is 40.4 Å². The third-order valence-corrected chi connectivity index (χ3v) is 5.48. The molecule has 1 amide bonds. The molecule has 0 unspecified atom stereocenters. The molecule has 4 rings (SSSR count). The summed E-state index contributed by atoms with van der Waals surface area (Å²) in [5, 5.41) is 0.762. The monoisotopic (exact) mass is 352 g/mol. The van der Waals surface area contributed by atoms with Gasteiger partial charge in [-0.25, -0.2) is 4.98 Å². The number of nitrogens with zero attached hydrogens (tertiary/aromatic N) is 2. The van der Waals surface area contributed by atoms with E-state index in [1.807, 2.05) is 59.5 Å². The van der Waals surface area contributed by atoms with Crippen molar-refractivity contribution < 1.29 is 9.53 Å². The van der Waals surface area contributed by atoms with Gasteiger partial charge in [-0.2, -0.15) is 0 Å². The van der Waals surface area contributed by atoms with Crippen molar-refractivity contribution in [2.45, 2.75) is 25.4 Å². The van der Waals surface area contributed by atoms with E-state index in [4.69, 9.17) is 4.74 Å². The zero-order valence-electron chi connectivity index (χ0n) is 13.9. The summed E-state index contributed by atoms with van der Waals surface area (Å²) in [5.74, 6) is 0.0701. The van der Waals surface area contributed by atoms with Gasteiger partial charge in [-0.1, -0.05) is 53.8 Å². The van der Waals surface area contributed by atoms with Crippen molar-refractivity contribution in [3.8, 4) is 0 Å². The molecule has 1 saturated heterocycles. The smallest absolute Gasteiger partial charge is 0.233 e. The summed E-state index contributed by atoms with van der Waals surface area (Å²) >= 11 is 1.57. The van der Waals surface area contributed by atoms with Gasteiger partial charge in [0, 0.05) is 6.61 Å². The van der Waals surface area contributed by atoms with Gasteiger partial charge in [0.25, 0.3) is 0 Å². The summed E-state index contributed by atoms with van der Waals surface area (Å²) in [7, 11) is 0. The number of hydrogen-bond acceptors (Lipinski definition) is 4. The minimum absolute atomic E-state index is 0.0701. The maximum atomic E-state index is 13.0. The predicted molar refractivity (Wildman–Crippen MR) is 101 cm³/mol. The number of fused-ring (bicyclic) bond motifs is 1. The Balaban J connectivity index is 1.61. The SMILES string of the molecule is O=C(Cc1ccccc1)N(C[C@@H]1CCCO1)c1nc2ccccc2s1. The van der Waals surface area contributed by atoms with Crippen LogP contribution >= 0.6 is 11.3 Å². The van der Waals surface area contributed by atoms with Crippen LogP contribution in [0.25, 0.3) is 10.2 Å². The molecule has 5 heteroatoms. The molecule has 2 aromatic carbocycles. The Morgan fingerprint density at radius 2 is 1.96 bits per heavy atom. The Hall–Kier alpha value is -2.24. The first-order chi connectivity index (χ1) is 12.3. The quantitative estimate of drug-likeness (QED) is 0.696. The van der Waals surface area contributed by atoms with Crippen molar-refractivity contribution in [3.05, 3.63) is 60.2 Å². The van der Waals surface area contributed by atoms with Crippen LogP contribution in [0.15, 0.2) is 54.6 Å². The second-order valence-corrected chi connectivity index (χ2v) is 7.28. The average molecular weight is 352 g/mol. The Morgan fingerprint density at radius 3 is 2.72 bits per heavy atom. The molecule has 0 bridgehead atoms. The van der Waals surface area contributed by atoms with Gasteiger partial charge < -0.3 is 4.74 Å². The van der Waals surface area contributed by atoms with E-state index in [0.29, 0.717) is 13.0 Å². The normalized spacial score (nSPS) is 17.0. The van der Waals surface area contributed by atoms with E-state index >= 15 is 0 Å². The first kappa shape index (κ1) is 16.2. The highest BCUT2D eigenvalue weighted by molar-refractivity contribution is 7.22. The van der Waals surface area contributed by atoms with Crippen molar-refractivity contribution in [2.24, 2.45) is 0 Å². The number of thiazole rings is 1. The van der Waals surface area contributed by atoms with Crippen LogP contribution in [0.2, 0.25) is 0 Å². The van der Waals surface area contributed by atoms with E-state index in [2.05, 4.69) is 4.98 Å². The van der Waals surface area contributed by atoms with Gasteiger partial charge in [-0.15, -0.1) is 0 Å². The highest BCUT2D eigenvalue weighted by Crippen LogP contribution is 2.30. The highest BCUT2D eigenvalue weighted by Gasteiger charge is 2.26. The van der Waals surface area contributed by atoms with Crippen molar-refractivity contribution >= 4 is 32.6 Å².